The summed E-state index contributed by atoms with van der Waals surface area (Å²) in [5.41, 5.74) is 0. The molecule has 0 spiro atoms. The number of carboxylic acids is 1. The molecule has 0 heterocycles. The number of carbonyl (C=O) groups is 3. The van der Waals surface area contributed by atoms with Crippen molar-refractivity contribution >= 4 is 17.8 Å². The quantitative estimate of drug-likeness (QED) is 0.517. The van der Waals surface area contributed by atoms with Crippen LogP contribution in [0.5, 0.6) is 0 Å². The van der Waals surface area contributed by atoms with Crippen molar-refractivity contribution in [3.05, 3.63) is 0 Å². The number of nitrogens with zero attached hydrogens (tertiary/aromatic N) is 1. The molecule has 0 aliphatic rings. The smallest absolute Gasteiger partial charge is 0.325 e. The van der Waals surface area contributed by atoms with Crippen LogP contribution in [0.15, 0.2) is 0 Å². The minimum absolute atomic E-state index is 0.00523. The van der Waals surface area contributed by atoms with Gasteiger partial charge in [0.15, 0.2) is 0 Å². The van der Waals surface area contributed by atoms with E-state index in [2.05, 4.69) is 29.4 Å². The van der Waals surface area contributed by atoms with Gasteiger partial charge in [0.2, 0.25) is 11.8 Å². The number of hydrogen-bond acceptors (Lipinski definition) is 4. The Morgan fingerprint density at radius 2 is 1.65 bits per heavy atom. The zero-order valence-corrected chi connectivity index (χ0v) is 12.4. The molecule has 1 unspecified atom stereocenters. The van der Waals surface area contributed by atoms with E-state index in [0.29, 0.717) is 6.54 Å². The normalized spacial score (nSPS) is 12.0. The van der Waals surface area contributed by atoms with Crippen LogP contribution in [0.1, 0.15) is 33.6 Å². The molecule has 7 nitrogen and oxygen atoms in total. The van der Waals surface area contributed by atoms with Crippen LogP contribution >= 0.6 is 0 Å². The zero-order chi connectivity index (χ0) is 15.5. The molecule has 7 heteroatoms. The number of carboxylic acid groups (broad SMARTS) is 1. The average molecular weight is 287 g/mol. The number of carbonyl (C=O) groups excluding carboxylic acids is 2. The molecule has 0 aromatic rings. The van der Waals surface area contributed by atoms with Crippen molar-refractivity contribution < 1.29 is 19.5 Å². The second-order valence-electron chi connectivity index (χ2n) is 4.50. The van der Waals surface area contributed by atoms with Crippen LogP contribution < -0.4 is 10.6 Å². The fourth-order valence-corrected chi connectivity index (χ4v) is 1.58. The summed E-state index contributed by atoms with van der Waals surface area (Å²) in [7, 11) is 0. The number of aliphatic carboxylic acids is 1. The van der Waals surface area contributed by atoms with Gasteiger partial charge in [-0.3, -0.25) is 14.4 Å². The lowest BCUT2D eigenvalue weighted by molar-refractivity contribution is -0.141. The summed E-state index contributed by atoms with van der Waals surface area (Å²) in [6, 6.07) is -0.937. The standard InChI is InChI=1S/C13H25N3O4/c1-4-16(5-2)9-8-14-11(17)6-7-12(18)15-10(3)13(19)20/h10H,4-9H2,1-3H3,(H,14,17)(H,15,18)(H,19,20). The summed E-state index contributed by atoms with van der Waals surface area (Å²) in [6.45, 7) is 8.68. The van der Waals surface area contributed by atoms with Crippen molar-refractivity contribution in [2.24, 2.45) is 0 Å². The summed E-state index contributed by atoms with van der Waals surface area (Å²) in [5, 5.41) is 13.7. The zero-order valence-electron chi connectivity index (χ0n) is 12.4. The maximum atomic E-state index is 11.5. The van der Waals surface area contributed by atoms with Crippen molar-refractivity contribution in [3.63, 3.8) is 0 Å². The molecule has 20 heavy (non-hydrogen) atoms. The van der Waals surface area contributed by atoms with E-state index in [1.165, 1.54) is 6.92 Å². The molecule has 3 N–H and O–H groups in total. The predicted molar refractivity (Wildman–Crippen MR) is 75.3 cm³/mol. The maximum absolute atomic E-state index is 11.5. The summed E-state index contributed by atoms with van der Waals surface area (Å²) in [5.74, 6) is -1.73. The first kappa shape index (κ1) is 18.4. The van der Waals surface area contributed by atoms with Gasteiger partial charge in [0.25, 0.3) is 0 Å². The highest BCUT2D eigenvalue weighted by molar-refractivity contribution is 5.86. The van der Waals surface area contributed by atoms with Gasteiger partial charge < -0.3 is 20.6 Å². The topological polar surface area (TPSA) is 98.7 Å². The van der Waals surface area contributed by atoms with Gasteiger partial charge in [-0.1, -0.05) is 13.8 Å². The van der Waals surface area contributed by atoms with E-state index in [1.807, 2.05) is 0 Å². The van der Waals surface area contributed by atoms with Gasteiger partial charge in [0, 0.05) is 25.9 Å². The van der Waals surface area contributed by atoms with Gasteiger partial charge in [-0.15, -0.1) is 0 Å². The first-order chi connectivity index (χ1) is 9.40. The Labute approximate surface area is 119 Å². The fraction of sp³-hybridized carbons (Fsp3) is 0.769. The highest BCUT2D eigenvalue weighted by Crippen LogP contribution is 1.92. The molecule has 0 aromatic carbocycles. The lowest BCUT2D eigenvalue weighted by Gasteiger charge is -2.17. The van der Waals surface area contributed by atoms with E-state index in [9.17, 15) is 14.4 Å². The summed E-state index contributed by atoms with van der Waals surface area (Å²) >= 11 is 0. The third kappa shape index (κ3) is 8.47. The predicted octanol–water partition coefficient (Wildman–Crippen LogP) is -0.186. The molecular formula is C13H25N3O4. The number of rotatable bonds is 10. The number of likely N-dealkylation sites (N-methyl/N-ethyl adjacent to an activating group) is 1. The van der Waals surface area contributed by atoms with E-state index in [-0.39, 0.29) is 18.7 Å². The maximum Gasteiger partial charge on any atom is 0.325 e. The Bertz CT molecular complexity index is 330. The molecule has 0 saturated carbocycles. The molecule has 0 bridgehead atoms. The van der Waals surface area contributed by atoms with Crippen LogP contribution in [-0.2, 0) is 14.4 Å². The van der Waals surface area contributed by atoms with Gasteiger partial charge in [0.05, 0.1) is 0 Å². The van der Waals surface area contributed by atoms with Crippen molar-refractivity contribution in [1.29, 1.82) is 0 Å². The van der Waals surface area contributed by atoms with Gasteiger partial charge >= 0.3 is 5.97 Å². The molecule has 116 valence electrons. The first-order valence-electron chi connectivity index (χ1n) is 6.91. The third-order valence-electron chi connectivity index (χ3n) is 2.97. The van der Waals surface area contributed by atoms with Crippen molar-refractivity contribution in [2.45, 2.75) is 39.7 Å². The molecule has 0 aliphatic carbocycles. The highest BCUT2D eigenvalue weighted by atomic mass is 16.4. The van der Waals surface area contributed by atoms with Crippen molar-refractivity contribution in [2.75, 3.05) is 26.2 Å². The lowest BCUT2D eigenvalue weighted by atomic mass is 10.2. The van der Waals surface area contributed by atoms with E-state index in [0.717, 1.165) is 19.6 Å². The van der Waals surface area contributed by atoms with Gasteiger partial charge in [-0.05, 0) is 20.0 Å². The van der Waals surface area contributed by atoms with Crippen LogP contribution in [0.4, 0.5) is 0 Å². The van der Waals surface area contributed by atoms with Crippen LogP contribution in [0.2, 0.25) is 0 Å². The number of nitrogens with one attached hydrogen (secondary N) is 2. The minimum atomic E-state index is -1.10. The summed E-state index contributed by atoms with van der Waals surface area (Å²) < 4.78 is 0. The van der Waals surface area contributed by atoms with Crippen LogP contribution in [-0.4, -0.2) is 60.0 Å². The van der Waals surface area contributed by atoms with Crippen LogP contribution in [0.3, 0.4) is 0 Å². The highest BCUT2D eigenvalue weighted by Gasteiger charge is 2.14. The average Bonchev–Trinajstić information content (AvgIpc) is 2.41. The minimum Gasteiger partial charge on any atom is -0.480 e. The second kappa shape index (κ2) is 10.2. The molecule has 2 amide bonds. The van der Waals surface area contributed by atoms with Gasteiger partial charge in [0.1, 0.15) is 6.04 Å². The van der Waals surface area contributed by atoms with Crippen molar-refractivity contribution in [3.8, 4) is 0 Å². The monoisotopic (exact) mass is 287 g/mol. The molecule has 0 radical (unpaired) electrons. The molecule has 0 rings (SSSR count). The molecular weight excluding hydrogens is 262 g/mol. The Morgan fingerprint density at radius 3 is 2.15 bits per heavy atom. The fourth-order valence-electron chi connectivity index (χ4n) is 1.58. The Kier molecular flexibility index (Phi) is 9.36. The largest absolute Gasteiger partial charge is 0.480 e. The van der Waals surface area contributed by atoms with Gasteiger partial charge in [-0.25, -0.2) is 0 Å². The van der Waals surface area contributed by atoms with E-state index in [1.54, 1.807) is 0 Å². The molecule has 0 aromatic heterocycles. The SMILES string of the molecule is CCN(CC)CCNC(=O)CCC(=O)NC(C)C(=O)O. The molecule has 1 atom stereocenters. The third-order valence-corrected chi connectivity index (χ3v) is 2.97. The number of hydrogen-bond donors (Lipinski definition) is 3. The molecule has 0 aliphatic heterocycles. The Morgan fingerprint density at radius 1 is 1.10 bits per heavy atom. The van der Waals surface area contributed by atoms with Crippen LogP contribution in [0.25, 0.3) is 0 Å². The second-order valence-corrected chi connectivity index (χ2v) is 4.50. The summed E-state index contributed by atoms with van der Waals surface area (Å²) in [6.07, 6.45) is 0.0607. The molecule has 0 saturated heterocycles. The van der Waals surface area contributed by atoms with E-state index in [4.69, 9.17) is 5.11 Å². The first-order valence-corrected chi connectivity index (χ1v) is 6.91. The van der Waals surface area contributed by atoms with Crippen molar-refractivity contribution in [1.82, 2.24) is 15.5 Å². The Hall–Kier alpha value is -1.63. The van der Waals surface area contributed by atoms with E-state index < -0.39 is 17.9 Å². The summed E-state index contributed by atoms with van der Waals surface area (Å²) in [4.78, 5) is 35.6. The van der Waals surface area contributed by atoms with Gasteiger partial charge in [-0.2, -0.15) is 0 Å². The Balaban J connectivity index is 3.77. The number of amides is 2. The molecule has 0 fully saturated rings. The van der Waals surface area contributed by atoms with E-state index >= 15 is 0 Å². The van der Waals surface area contributed by atoms with Crippen LogP contribution in [0, 0.1) is 0 Å². The lowest BCUT2D eigenvalue weighted by Crippen LogP contribution is -2.39.